The Kier molecular flexibility index (Phi) is 6.71. The molecule has 156 valence electrons. The summed E-state index contributed by atoms with van der Waals surface area (Å²) in [6.07, 6.45) is 10.7. The van der Waals surface area contributed by atoms with Gasteiger partial charge in [0, 0.05) is 25.0 Å². The van der Waals surface area contributed by atoms with Crippen LogP contribution < -0.4 is 10.1 Å². The van der Waals surface area contributed by atoms with Crippen LogP contribution in [0.2, 0.25) is 0 Å². The molecule has 3 aliphatic rings. The van der Waals surface area contributed by atoms with Crippen LogP contribution in [0.15, 0.2) is 24.3 Å². The standard InChI is InChI=1S/C24H33N3O2/c25-17-19-3-9-22(10-4-19)29-23-12-15-27(16-13-23)14-11-18-1-7-21(8-2-18)26-24(28)20-5-6-20/h3-4,9-10,18,20-21,23H,1-2,5-8,11-16H2,(H,26,28). The summed E-state index contributed by atoms with van der Waals surface area (Å²) >= 11 is 0. The SMILES string of the molecule is N#Cc1ccc(OC2CCN(CCC3CCC(NC(=O)C4CC4)CC3)CC2)cc1. The molecule has 2 aliphatic carbocycles. The third-order valence-electron chi connectivity index (χ3n) is 6.82. The van der Waals surface area contributed by atoms with Crippen LogP contribution in [0.4, 0.5) is 0 Å². The van der Waals surface area contributed by atoms with Gasteiger partial charge >= 0.3 is 0 Å². The van der Waals surface area contributed by atoms with Crippen molar-refractivity contribution in [2.75, 3.05) is 19.6 Å². The zero-order valence-electron chi connectivity index (χ0n) is 17.3. The van der Waals surface area contributed by atoms with Gasteiger partial charge in [0.25, 0.3) is 0 Å². The maximum absolute atomic E-state index is 11.9. The number of piperidine rings is 1. The first-order valence-electron chi connectivity index (χ1n) is 11.4. The highest BCUT2D eigenvalue weighted by molar-refractivity contribution is 5.81. The molecule has 1 saturated heterocycles. The fourth-order valence-electron chi connectivity index (χ4n) is 4.68. The van der Waals surface area contributed by atoms with Crippen LogP contribution in [-0.4, -0.2) is 42.6 Å². The zero-order valence-corrected chi connectivity index (χ0v) is 17.3. The highest BCUT2D eigenvalue weighted by Crippen LogP contribution is 2.31. The number of likely N-dealkylation sites (tertiary alicyclic amines) is 1. The number of nitrogens with zero attached hydrogens (tertiary/aromatic N) is 2. The van der Waals surface area contributed by atoms with Gasteiger partial charge in [-0.15, -0.1) is 0 Å². The van der Waals surface area contributed by atoms with E-state index in [0.29, 0.717) is 23.4 Å². The molecule has 0 radical (unpaired) electrons. The van der Waals surface area contributed by atoms with Gasteiger partial charge in [0.2, 0.25) is 5.91 Å². The molecule has 1 aromatic rings. The molecule has 4 rings (SSSR count). The minimum atomic E-state index is 0.282. The van der Waals surface area contributed by atoms with Crippen molar-refractivity contribution >= 4 is 5.91 Å². The molecule has 5 heteroatoms. The van der Waals surface area contributed by atoms with Crippen molar-refractivity contribution in [2.45, 2.75) is 69.9 Å². The van der Waals surface area contributed by atoms with Crippen LogP contribution in [0, 0.1) is 23.2 Å². The van der Waals surface area contributed by atoms with Crippen LogP contribution in [0.3, 0.4) is 0 Å². The fraction of sp³-hybridized carbons (Fsp3) is 0.667. The summed E-state index contributed by atoms with van der Waals surface area (Å²) in [4.78, 5) is 14.5. The Morgan fingerprint density at radius 2 is 1.72 bits per heavy atom. The molecule has 29 heavy (non-hydrogen) atoms. The molecule has 2 saturated carbocycles. The van der Waals surface area contributed by atoms with Gasteiger partial charge in [-0.1, -0.05) is 0 Å². The molecule has 3 fully saturated rings. The first-order valence-corrected chi connectivity index (χ1v) is 11.4. The largest absolute Gasteiger partial charge is 0.490 e. The lowest BCUT2D eigenvalue weighted by atomic mass is 9.84. The Hall–Kier alpha value is -2.06. The van der Waals surface area contributed by atoms with Gasteiger partial charge in [-0.25, -0.2) is 0 Å². The van der Waals surface area contributed by atoms with E-state index in [0.717, 1.165) is 63.3 Å². The molecule has 0 unspecified atom stereocenters. The number of hydrogen-bond acceptors (Lipinski definition) is 4. The van der Waals surface area contributed by atoms with Crippen molar-refractivity contribution in [1.29, 1.82) is 5.26 Å². The van der Waals surface area contributed by atoms with E-state index in [1.54, 1.807) is 0 Å². The summed E-state index contributed by atoms with van der Waals surface area (Å²) in [6.45, 7) is 3.40. The average molecular weight is 396 g/mol. The number of carbonyl (C=O) groups is 1. The lowest BCUT2D eigenvalue weighted by Gasteiger charge is -2.34. The average Bonchev–Trinajstić information content (AvgIpc) is 3.60. The molecule has 1 N–H and O–H groups in total. The van der Waals surface area contributed by atoms with Gasteiger partial charge in [0.05, 0.1) is 11.6 Å². The lowest BCUT2D eigenvalue weighted by Crippen LogP contribution is -2.40. The summed E-state index contributed by atoms with van der Waals surface area (Å²) in [7, 11) is 0. The van der Waals surface area contributed by atoms with Crippen LogP contribution in [-0.2, 0) is 4.79 Å². The lowest BCUT2D eigenvalue weighted by molar-refractivity contribution is -0.123. The van der Waals surface area contributed by atoms with Gasteiger partial charge in [-0.05, 0) is 94.5 Å². The Labute approximate surface area is 174 Å². The molecule has 1 aliphatic heterocycles. The van der Waals surface area contributed by atoms with Crippen molar-refractivity contribution in [3.8, 4) is 11.8 Å². The van der Waals surface area contributed by atoms with Crippen LogP contribution >= 0.6 is 0 Å². The second kappa shape index (κ2) is 9.63. The number of nitrogens with one attached hydrogen (secondary N) is 1. The summed E-state index contributed by atoms with van der Waals surface area (Å²) in [5.41, 5.74) is 0.673. The van der Waals surface area contributed by atoms with E-state index in [1.165, 1.54) is 25.8 Å². The first-order chi connectivity index (χ1) is 14.2. The molecule has 1 amide bonds. The molecule has 5 nitrogen and oxygen atoms in total. The molecular formula is C24H33N3O2. The molecule has 1 aromatic carbocycles. The van der Waals surface area contributed by atoms with Crippen molar-refractivity contribution in [3.63, 3.8) is 0 Å². The quantitative estimate of drug-likeness (QED) is 0.761. The van der Waals surface area contributed by atoms with E-state index in [-0.39, 0.29) is 6.10 Å². The zero-order chi connectivity index (χ0) is 20.1. The predicted octanol–water partition coefficient (Wildman–Crippen LogP) is 3.88. The van der Waals surface area contributed by atoms with E-state index in [2.05, 4.69) is 16.3 Å². The van der Waals surface area contributed by atoms with E-state index in [4.69, 9.17) is 10.00 Å². The predicted molar refractivity (Wildman–Crippen MR) is 112 cm³/mol. The number of nitriles is 1. The van der Waals surface area contributed by atoms with Crippen molar-refractivity contribution < 1.29 is 9.53 Å². The minimum Gasteiger partial charge on any atom is -0.490 e. The van der Waals surface area contributed by atoms with Gasteiger partial charge < -0.3 is 15.0 Å². The second-order valence-corrected chi connectivity index (χ2v) is 9.08. The third kappa shape index (κ3) is 5.96. The van der Waals surface area contributed by atoms with Crippen molar-refractivity contribution in [1.82, 2.24) is 10.2 Å². The number of rotatable bonds is 7. The molecule has 0 atom stereocenters. The Bertz CT molecular complexity index is 707. The number of hydrogen-bond donors (Lipinski definition) is 1. The van der Waals surface area contributed by atoms with E-state index < -0.39 is 0 Å². The highest BCUT2D eigenvalue weighted by Gasteiger charge is 2.32. The Morgan fingerprint density at radius 1 is 1.03 bits per heavy atom. The number of benzene rings is 1. The van der Waals surface area contributed by atoms with E-state index in [1.807, 2.05) is 24.3 Å². The van der Waals surface area contributed by atoms with Crippen LogP contribution in [0.25, 0.3) is 0 Å². The number of ether oxygens (including phenoxy) is 1. The highest BCUT2D eigenvalue weighted by atomic mass is 16.5. The second-order valence-electron chi connectivity index (χ2n) is 9.08. The normalized spacial score (nSPS) is 25.9. The van der Waals surface area contributed by atoms with Crippen molar-refractivity contribution in [2.24, 2.45) is 11.8 Å². The minimum absolute atomic E-state index is 0.282. The number of amides is 1. The van der Waals surface area contributed by atoms with Crippen LogP contribution in [0.1, 0.15) is 63.4 Å². The van der Waals surface area contributed by atoms with Gasteiger partial charge in [0.1, 0.15) is 11.9 Å². The Balaban J connectivity index is 1.10. The molecule has 1 heterocycles. The Morgan fingerprint density at radius 3 is 2.34 bits per heavy atom. The first kappa shape index (κ1) is 20.2. The third-order valence-corrected chi connectivity index (χ3v) is 6.82. The van der Waals surface area contributed by atoms with Crippen molar-refractivity contribution in [3.05, 3.63) is 29.8 Å². The topological polar surface area (TPSA) is 65.4 Å². The van der Waals surface area contributed by atoms with Crippen LogP contribution in [0.5, 0.6) is 5.75 Å². The van der Waals surface area contributed by atoms with Gasteiger partial charge in [0.15, 0.2) is 0 Å². The summed E-state index contributed by atoms with van der Waals surface area (Å²) < 4.78 is 6.09. The monoisotopic (exact) mass is 395 g/mol. The summed E-state index contributed by atoms with van der Waals surface area (Å²) in [5, 5.41) is 12.1. The molecule has 0 spiro atoms. The van der Waals surface area contributed by atoms with E-state index in [9.17, 15) is 4.79 Å². The molecule has 0 aromatic heterocycles. The smallest absolute Gasteiger partial charge is 0.223 e. The fourth-order valence-corrected chi connectivity index (χ4v) is 4.68. The summed E-state index contributed by atoms with van der Waals surface area (Å²) in [6, 6.07) is 9.99. The van der Waals surface area contributed by atoms with E-state index >= 15 is 0 Å². The maximum atomic E-state index is 11.9. The van der Waals surface area contributed by atoms with Gasteiger partial charge in [-0.3, -0.25) is 4.79 Å². The number of carbonyl (C=O) groups excluding carboxylic acids is 1. The molecular weight excluding hydrogens is 362 g/mol. The van der Waals surface area contributed by atoms with Gasteiger partial charge in [-0.2, -0.15) is 5.26 Å². The summed E-state index contributed by atoms with van der Waals surface area (Å²) in [5.74, 6) is 2.32. The molecule has 0 bridgehead atoms. The maximum Gasteiger partial charge on any atom is 0.223 e.